The molecule has 3 rings (SSSR count). The number of benzene rings is 1. The normalized spacial score (nSPS) is 14.7. The number of ether oxygens (including phenoxy) is 1. The molecule has 8 nitrogen and oxygen atoms in total. The van der Waals surface area contributed by atoms with Crippen molar-refractivity contribution in [2.24, 2.45) is 0 Å². The number of anilines is 2. The van der Waals surface area contributed by atoms with E-state index >= 15 is 0 Å². The lowest BCUT2D eigenvalue weighted by Crippen LogP contribution is -2.57. The molecule has 0 unspecified atom stereocenters. The molecule has 0 saturated heterocycles. The van der Waals surface area contributed by atoms with Gasteiger partial charge in [-0.3, -0.25) is 14.6 Å². The van der Waals surface area contributed by atoms with Crippen LogP contribution >= 0.6 is 11.8 Å². The molecule has 0 atom stereocenters. The van der Waals surface area contributed by atoms with E-state index in [4.69, 9.17) is 4.74 Å². The van der Waals surface area contributed by atoms with Gasteiger partial charge in [0.2, 0.25) is 0 Å². The molecule has 0 saturated carbocycles. The number of pyridine rings is 1. The highest BCUT2D eigenvalue weighted by atomic mass is 32.2. The second-order valence-corrected chi connectivity index (χ2v) is 9.42. The molecule has 1 aliphatic rings. The van der Waals surface area contributed by atoms with Crippen molar-refractivity contribution in [3.05, 3.63) is 64.6 Å². The van der Waals surface area contributed by atoms with Crippen molar-refractivity contribution in [3.63, 3.8) is 0 Å². The summed E-state index contributed by atoms with van der Waals surface area (Å²) in [7, 11) is 0. The van der Waals surface area contributed by atoms with Crippen LogP contribution in [0.25, 0.3) is 0 Å². The topological polar surface area (TPSA) is 91.8 Å². The van der Waals surface area contributed by atoms with Crippen LogP contribution in [0, 0.1) is 5.82 Å². The van der Waals surface area contributed by atoms with Gasteiger partial charge in [0.15, 0.2) is 0 Å². The van der Waals surface area contributed by atoms with Crippen LogP contribution in [0.2, 0.25) is 0 Å². The van der Waals surface area contributed by atoms with E-state index in [0.29, 0.717) is 11.1 Å². The van der Waals surface area contributed by atoms with Crippen LogP contribution in [0.4, 0.5) is 33.7 Å². The molecule has 1 aromatic carbocycles. The highest BCUT2D eigenvalue weighted by Gasteiger charge is 2.43. The number of carbonyl (C=O) groups excluding carboxylic acids is 3. The minimum absolute atomic E-state index is 0.00764. The molecular formula is C23H22F4N4O4S. The van der Waals surface area contributed by atoms with Crippen LogP contribution in [0.5, 0.6) is 0 Å². The summed E-state index contributed by atoms with van der Waals surface area (Å²) in [5.41, 5.74) is -2.35. The van der Waals surface area contributed by atoms with Crippen molar-refractivity contribution >= 4 is 41.0 Å². The number of rotatable bonds is 4. The van der Waals surface area contributed by atoms with Crippen molar-refractivity contribution in [3.8, 4) is 0 Å². The first-order chi connectivity index (χ1) is 16.7. The van der Waals surface area contributed by atoms with Gasteiger partial charge in [0.25, 0.3) is 11.8 Å². The van der Waals surface area contributed by atoms with Crippen LogP contribution in [0.3, 0.4) is 0 Å². The number of nitrogens with zero attached hydrogens (tertiary/aromatic N) is 3. The fraction of sp³-hybridized carbons (Fsp3) is 0.304. The molecule has 0 aliphatic carbocycles. The summed E-state index contributed by atoms with van der Waals surface area (Å²) in [6.07, 6.45) is -3.36. The molecule has 2 heterocycles. The first kappa shape index (κ1) is 27.0. The van der Waals surface area contributed by atoms with Crippen molar-refractivity contribution < 1.29 is 36.7 Å². The SMILES string of the molecule is CSC1=C(C(=O)Nc2ccc(F)cc2)C(=O)N(C(=O)OC(C)(C)C)N(c2ccc(C(F)(F)F)nc2)C1. The molecule has 1 aliphatic heterocycles. The standard InChI is InChI=1S/C23H22F4N4O4S/c1-22(2,3)35-21(34)31-20(33)18(19(32)29-14-7-5-13(24)6-8-14)16(36-4)12-30(31)15-9-10-17(28-11-15)23(25,26)27/h5-11H,12H2,1-4H3,(H,29,32). The number of hydrogen-bond donors (Lipinski definition) is 1. The first-order valence-electron chi connectivity index (χ1n) is 10.4. The van der Waals surface area contributed by atoms with Crippen LogP contribution in [0.1, 0.15) is 26.5 Å². The van der Waals surface area contributed by atoms with E-state index in [9.17, 15) is 31.9 Å². The zero-order valence-electron chi connectivity index (χ0n) is 19.6. The lowest BCUT2D eigenvalue weighted by atomic mass is 10.1. The maximum atomic E-state index is 13.5. The summed E-state index contributed by atoms with van der Waals surface area (Å²) < 4.78 is 57.5. The van der Waals surface area contributed by atoms with Gasteiger partial charge < -0.3 is 10.1 Å². The van der Waals surface area contributed by atoms with Crippen molar-refractivity contribution in [1.82, 2.24) is 9.99 Å². The maximum absolute atomic E-state index is 13.5. The first-order valence-corrected chi connectivity index (χ1v) is 11.7. The summed E-state index contributed by atoms with van der Waals surface area (Å²) in [4.78, 5) is 43.2. The van der Waals surface area contributed by atoms with E-state index in [1.165, 1.54) is 12.1 Å². The Morgan fingerprint density at radius 2 is 1.72 bits per heavy atom. The van der Waals surface area contributed by atoms with Crippen LogP contribution in [0.15, 0.2) is 53.1 Å². The Balaban J connectivity index is 2.04. The maximum Gasteiger partial charge on any atom is 0.437 e. The molecular weight excluding hydrogens is 504 g/mol. The van der Waals surface area contributed by atoms with Crippen LogP contribution in [-0.4, -0.2) is 46.3 Å². The van der Waals surface area contributed by atoms with E-state index in [2.05, 4.69) is 10.3 Å². The van der Waals surface area contributed by atoms with Crippen LogP contribution in [-0.2, 0) is 20.5 Å². The minimum Gasteiger partial charge on any atom is -0.442 e. The fourth-order valence-corrected chi connectivity index (χ4v) is 3.77. The lowest BCUT2D eigenvalue weighted by molar-refractivity contribution is -0.141. The molecule has 0 radical (unpaired) electrons. The smallest absolute Gasteiger partial charge is 0.437 e. The molecule has 1 aromatic heterocycles. The van der Waals surface area contributed by atoms with Crippen molar-refractivity contribution in [2.75, 3.05) is 23.1 Å². The predicted molar refractivity (Wildman–Crippen MR) is 125 cm³/mol. The van der Waals surface area contributed by atoms with Gasteiger partial charge in [-0.1, -0.05) is 0 Å². The molecule has 3 amide bonds. The average molecular weight is 527 g/mol. The third-order valence-corrected chi connectivity index (χ3v) is 5.52. The number of thioether (sulfide) groups is 1. The van der Waals surface area contributed by atoms with Gasteiger partial charge in [-0.2, -0.15) is 13.2 Å². The highest BCUT2D eigenvalue weighted by Crippen LogP contribution is 2.33. The number of nitrogens with one attached hydrogen (secondary N) is 1. The van der Waals surface area contributed by atoms with E-state index in [1.54, 1.807) is 27.0 Å². The van der Waals surface area contributed by atoms with Gasteiger partial charge in [-0.05, 0) is 63.4 Å². The Hall–Kier alpha value is -3.61. The van der Waals surface area contributed by atoms with Gasteiger partial charge in [0.05, 0.1) is 18.4 Å². The number of hydrazine groups is 1. The number of amides is 3. The fourth-order valence-electron chi connectivity index (χ4n) is 3.14. The predicted octanol–water partition coefficient (Wildman–Crippen LogP) is 4.99. The molecule has 0 spiro atoms. The zero-order chi connectivity index (χ0) is 26.8. The van der Waals surface area contributed by atoms with Gasteiger partial charge in [0.1, 0.15) is 22.7 Å². The number of hydrogen-bond acceptors (Lipinski definition) is 7. The number of carbonyl (C=O) groups is 3. The molecule has 0 fully saturated rings. The molecule has 36 heavy (non-hydrogen) atoms. The second kappa shape index (κ2) is 10.2. The largest absolute Gasteiger partial charge is 0.442 e. The Labute approximate surface area is 208 Å². The summed E-state index contributed by atoms with van der Waals surface area (Å²) in [5.74, 6) is -2.43. The van der Waals surface area contributed by atoms with E-state index in [0.717, 1.165) is 41.2 Å². The third-order valence-electron chi connectivity index (χ3n) is 4.70. The van der Waals surface area contributed by atoms with E-state index in [1.807, 2.05) is 0 Å². The molecule has 1 N–H and O–H groups in total. The van der Waals surface area contributed by atoms with Crippen molar-refractivity contribution in [1.29, 1.82) is 0 Å². The van der Waals surface area contributed by atoms with Gasteiger partial charge in [-0.25, -0.2) is 14.2 Å². The molecule has 2 aromatic rings. The van der Waals surface area contributed by atoms with Gasteiger partial charge in [-0.15, -0.1) is 16.8 Å². The summed E-state index contributed by atoms with van der Waals surface area (Å²) in [5, 5.41) is 4.13. The Kier molecular flexibility index (Phi) is 7.62. The second-order valence-electron chi connectivity index (χ2n) is 8.52. The summed E-state index contributed by atoms with van der Waals surface area (Å²) >= 11 is 1.05. The van der Waals surface area contributed by atoms with Crippen molar-refractivity contribution in [2.45, 2.75) is 32.5 Å². The quantitative estimate of drug-likeness (QED) is 0.443. The lowest BCUT2D eigenvalue weighted by Gasteiger charge is -2.39. The van der Waals surface area contributed by atoms with E-state index < -0.39 is 41.2 Å². The Morgan fingerprint density at radius 1 is 1.08 bits per heavy atom. The zero-order valence-corrected chi connectivity index (χ0v) is 20.5. The molecule has 13 heteroatoms. The molecule has 0 bridgehead atoms. The third kappa shape index (κ3) is 6.14. The summed E-state index contributed by atoms with van der Waals surface area (Å²) in [6, 6.07) is 6.61. The number of alkyl halides is 3. The monoisotopic (exact) mass is 526 g/mol. The number of imide groups is 1. The average Bonchev–Trinajstić information content (AvgIpc) is 2.78. The van der Waals surface area contributed by atoms with Crippen LogP contribution < -0.4 is 10.3 Å². The van der Waals surface area contributed by atoms with E-state index in [-0.39, 0.29) is 28.4 Å². The van der Waals surface area contributed by atoms with Gasteiger partial charge in [0, 0.05) is 10.6 Å². The Morgan fingerprint density at radius 3 is 2.22 bits per heavy atom. The number of aromatic nitrogens is 1. The highest BCUT2D eigenvalue weighted by molar-refractivity contribution is 8.02. The summed E-state index contributed by atoms with van der Waals surface area (Å²) in [6.45, 7) is 4.48. The van der Waals surface area contributed by atoms with Gasteiger partial charge >= 0.3 is 12.3 Å². The number of halogens is 4. The Bertz CT molecular complexity index is 1190. The minimum atomic E-state index is -4.68. The molecule has 192 valence electrons.